The molecule has 2 heteroatoms. The van der Waals surface area contributed by atoms with Gasteiger partial charge in [0.2, 0.25) is 0 Å². The average molecular weight is 217 g/mol. The fraction of sp³-hybridized carbons (Fsp3) is 0.429. The number of nitrogens with one attached hydrogen (secondary N) is 1. The molecule has 0 spiro atoms. The highest BCUT2D eigenvalue weighted by atomic mass is 16.3. The van der Waals surface area contributed by atoms with Crippen LogP contribution in [0, 0.1) is 5.92 Å². The Bertz CT molecular complexity index is 356. The third-order valence-corrected chi connectivity index (χ3v) is 3.19. The molecule has 0 aliphatic carbocycles. The van der Waals surface area contributed by atoms with Gasteiger partial charge >= 0.3 is 0 Å². The van der Waals surface area contributed by atoms with Crippen molar-refractivity contribution >= 4 is 6.08 Å². The molecule has 1 fully saturated rings. The molecule has 1 aliphatic heterocycles. The highest BCUT2D eigenvalue weighted by molar-refractivity contribution is 5.55. The molecule has 1 aliphatic rings. The number of aliphatic hydroxyl groups is 1. The van der Waals surface area contributed by atoms with Crippen LogP contribution in [-0.4, -0.2) is 24.3 Å². The topological polar surface area (TPSA) is 32.3 Å². The Balaban J connectivity index is 2.20. The lowest BCUT2D eigenvalue weighted by atomic mass is 9.95. The monoisotopic (exact) mass is 217 g/mol. The summed E-state index contributed by atoms with van der Waals surface area (Å²) >= 11 is 0. The van der Waals surface area contributed by atoms with E-state index in [1.807, 2.05) is 6.07 Å². The zero-order chi connectivity index (χ0) is 11.4. The van der Waals surface area contributed by atoms with Crippen LogP contribution < -0.4 is 5.32 Å². The molecule has 0 radical (unpaired) electrons. The van der Waals surface area contributed by atoms with Crippen molar-refractivity contribution in [1.29, 1.82) is 0 Å². The first-order chi connectivity index (χ1) is 7.81. The van der Waals surface area contributed by atoms with Gasteiger partial charge in [0.25, 0.3) is 0 Å². The van der Waals surface area contributed by atoms with Gasteiger partial charge in [0.1, 0.15) is 0 Å². The molecule has 16 heavy (non-hydrogen) atoms. The van der Waals surface area contributed by atoms with Crippen molar-refractivity contribution in [2.24, 2.45) is 5.92 Å². The summed E-state index contributed by atoms with van der Waals surface area (Å²) in [4.78, 5) is 0. The molecule has 0 saturated carbocycles. The van der Waals surface area contributed by atoms with Crippen LogP contribution in [0.5, 0.6) is 0 Å². The summed E-state index contributed by atoms with van der Waals surface area (Å²) in [5, 5.41) is 12.5. The summed E-state index contributed by atoms with van der Waals surface area (Å²) in [5.41, 5.74) is 2.66. The van der Waals surface area contributed by atoms with Crippen molar-refractivity contribution in [2.45, 2.75) is 19.4 Å². The zero-order valence-electron chi connectivity index (χ0n) is 9.69. The molecule has 2 atom stereocenters. The van der Waals surface area contributed by atoms with Gasteiger partial charge in [-0.3, -0.25) is 0 Å². The van der Waals surface area contributed by atoms with Crippen molar-refractivity contribution in [3.8, 4) is 0 Å². The third kappa shape index (κ3) is 2.52. The molecule has 0 aromatic heterocycles. The average Bonchev–Trinajstić information content (AvgIpc) is 2.64. The molecule has 0 bridgehead atoms. The Morgan fingerprint density at radius 3 is 2.81 bits per heavy atom. The number of hydrogen-bond acceptors (Lipinski definition) is 2. The minimum Gasteiger partial charge on any atom is -0.396 e. The van der Waals surface area contributed by atoms with Crippen LogP contribution in [0.2, 0.25) is 0 Å². The van der Waals surface area contributed by atoms with Gasteiger partial charge < -0.3 is 10.4 Å². The predicted molar refractivity (Wildman–Crippen MR) is 67.1 cm³/mol. The summed E-state index contributed by atoms with van der Waals surface area (Å²) in [7, 11) is 0. The van der Waals surface area contributed by atoms with Crippen molar-refractivity contribution in [1.82, 2.24) is 5.32 Å². The van der Waals surface area contributed by atoms with Gasteiger partial charge in [-0.05, 0) is 23.5 Å². The van der Waals surface area contributed by atoms with Crippen LogP contribution in [0.15, 0.2) is 35.9 Å². The van der Waals surface area contributed by atoms with Crippen molar-refractivity contribution in [3.05, 3.63) is 41.5 Å². The lowest BCUT2D eigenvalue weighted by molar-refractivity contribution is 0.277. The van der Waals surface area contributed by atoms with Crippen LogP contribution in [0.1, 0.15) is 18.9 Å². The summed E-state index contributed by atoms with van der Waals surface area (Å²) < 4.78 is 0. The fourth-order valence-corrected chi connectivity index (χ4v) is 2.28. The van der Waals surface area contributed by atoms with Crippen molar-refractivity contribution in [2.75, 3.05) is 13.2 Å². The Morgan fingerprint density at radius 1 is 1.38 bits per heavy atom. The standard InChI is InChI=1S/C14H19NO/c1-11-10-15-14(7-8-16)13(11)9-12-5-3-2-4-6-12/h2-6,9,11,14-16H,7-8,10H2,1H3/b13-9-/t11-,14-/m1/s1. The van der Waals surface area contributed by atoms with Crippen molar-refractivity contribution in [3.63, 3.8) is 0 Å². The predicted octanol–water partition coefficient (Wildman–Crippen LogP) is 2.06. The second-order valence-electron chi connectivity index (χ2n) is 4.43. The summed E-state index contributed by atoms with van der Waals surface area (Å²) in [6.45, 7) is 3.50. The highest BCUT2D eigenvalue weighted by Gasteiger charge is 2.25. The lowest BCUT2D eigenvalue weighted by Gasteiger charge is -2.12. The van der Waals surface area contributed by atoms with Crippen LogP contribution >= 0.6 is 0 Å². The Labute approximate surface area is 97.0 Å². The molecular formula is C14H19NO. The Hall–Kier alpha value is -1.12. The largest absolute Gasteiger partial charge is 0.396 e. The number of benzene rings is 1. The van der Waals surface area contributed by atoms with Crippen LogP contribution in [0.4, 0.5) is 0 Å². The molecule has 1 heterocycles. The molecule has 1 aromatic carbocycles. The van der Waals surface area contributed by atoms with E-state index in [1.165, 1.54) is 11.1 Å². The molecule has 2 nitrogen and oxygen atoms in total. The van der Waals surface area contributed by atoms with E-state index in [0.717, 1.165) is 13.0 Å². The smallest absolute Gasteiger partial charge is 0.0449 e. The molecule has 0 amide bonds. The highest BCUT2D eigenvalue weighted by Crippen LogP contribution is 2.25. The van der Waals surface area contributed by atoms with Crippen LogP contribution in [0.25, 0.3) is 6.08 Å². The van der Waals surface area contributed by atoms with E-state index in [0.29, 0.717) is 12.0 Å². The molecule has 2 N–H and O–H groups in total. The number of hydrogen-bond donors (Lipinski definition) is 2. The van der Waals surface area contributed by atoms with Gasteiger partial charge in [-0.15, -0.1) is 0 Å². The number of rotatable bonds is 3. The first kappa shape index (κ1) is 11.4. The van der Waals surface area contributed by atoms with E-state index in [2.05, 4.69) is 42.6 Å². The quantitative estimate of drug-likeness (QED) is 0.812. The lowest BCUT2D eigenvalue weighted by Crippen LogP contribution is -2.23. The van der Waals surface area contributed by atoms with E-state index >= 15 is 0 Å². The van der Waals surface area contributed by atoms with E-state index in [4.69, 9.17) is 5.11 Å². The first-order valence-corrected chi connectivity index (χ1v) is 5.92. The molecule has 2 rings (SSSR count). The minimum absolute atomic E-state index is 0.247. The summed E-state index contributed by atoms with van der Waals surface area (Å²) in [5.74, 6) is 0.566. The van der Waals surface area contributed by atoms with Gasteiger partial charge in [-0.25, -0.2) is 0 Å². The normalized spacial score (nSPS) is 27.5. The first-order valence-electron chi connectivity index (χ1n) is 5.92. The maximum Gasteiger partial charge on any atom is 0.0449 e. The molecule has 1 saturated heterocycles. The van der Waals surface area contributed by atoms with E-state index in [9.17, 15) is 0 Å². The Morgan fingerprint density at radius 2 is 2.12 bits per heavy atom. The zero-order valence-corrected chi connectivity index (χ0v) is 9.69. The van der Waals surface area contributed by atoms with E-state index < -0.39 is 0 Å². The van der Waals surface area contributed by atoms with Gasteiger partial charge in [0.15, 0.2) is 0 Å². The minimum atomic E-state index is 0.247. The van der Waals surface area contributed by atoms with E-state index in [1.54, 1.807) is 0 Å². The van der Waals surface area contributed by atoms with E-state index in [-0.39, 0.29) is 6.61 Å². The molecule has 86 valence electrons. The maximum absolute atomic E-state index is 9.03. The van der Waals surface area contributed by atoms with Crippen LogP contribution in [0.3, 0.4) is 0 Å². The van der Waals surface area contributed by atoms with Gasteiger partial charge in [-0.1, -0.05) is 43.3 Å². The summed E-state index contributed by atoms with van der Waals surface area (Å²) in [6.07, 6.45) is 3.06. The molecule has 0 unspecified atom stereocenters. The van der Waals surface area contributed by atoms with Gasteiger partial charge in [0.05, 0.1) is 0 Å². The van der Waals surface area contributed by atoms with Gasteiger partial charge in [-0.2, -0.15) is 0 Å². The number of aliphatic hydroxyl groups excluding tert-OH is 1. The molecular weight excluding hydrogens is 198 g/mol. The third-order valence-electron chi connectivity index (χ3n) is 3.19. The second kappa shape index (κ2) is 5.28. The second-order valence-corrected chi connectivity index (χ2v) is 4.43. The van der Waals surface area contributed by atoms with Crippen molar-refractivity contribution < 1.29 is 5.11 Å². The maximum atomic E-state index is 9.03. The SMILES string of the molecule is C[C@@H]1CN[C@H](CCO)/C1=C\c1ccccc1. The van der Waals surface area contributed by atoms with Crippen LogP contribution in [-0.2, 0) is 0 Å². The summed E-state index contributed by atoms with van der Waals surface area (Å²) in [6, 6.07) is 10.7. The van der Waals surface area contributed by atoms with Gasteiger partial charge in [0, 0.05) is 19.2 Å². The molecule has 1 aromatic rings. The Kier molecular flexibility index (Phi) is 3.75. The fourth-order valence-electron chi connectivity index (χ4n) is 2.28.